The summed E-state index contributed by atoms with van der Waals surface area (Å²) in [6, 6.07) is 6.03. The van der Waals surface area contributed by atoms with Crippen LogP contribution in [-0.2, 0) is 6.54 Å². The molecule has 0 unspecified atom stereocenters. The molecule has 0 radical (unpaired) electrons. The van der Waals surface area contributed by atoms with Gasteiger partial charge in [-0.15, -0.1) is 5.10 Å². The number of hydrogen-bond acceptors (Lipinski definition) is 6. The van der Waals surface area contributed by atoms with Gasteiger partial charge < -0.3 is 19.5 Å². The van der Waals surface area contributed by atoms with Crippen LogP contribution in [0, 0.1) is 0 Å². The first kappa shape index (κ1) is 22.4. The monoisotopic (exact) mass is 477 g/mol. The summed E-state index contributed by atoms with van der Waals surface area (Å²) in [5.41, 5.74) is 3.14. The Kier molecular flexibility index (Phi) is 5.54. The van der Waals surface area contributed by atoms with Gasteiger partial charge in [0, 0.05) is 18.3 Å². The van der Waals surface area contributed by atoms with Crippen molar-refractivity contribution in [1.82, 2.24) is 29.0 Å². The van der Waals surface area contributed by atoms with Crippen molar-refractivity contribution in [3.8, 4) is 17.0 Å². The zero-order valence-electron chi connectivity index (χ0n) is 18.6. The molecule has 0 amide bonds. The number of piperidine rings is 1. The molecule has 12 heteroatoms. The number of alkyl halides is 4. The number of nitrogens with one attached hydrogen (secondary N) is 1. The second kappa shape index (κ2) is 8.42. The maximum Gasteiger partial charge on any atom is 0.280 e. The second-order valence-electron chi connectivity index (χ2n) is 8.44. The molecule has 180 valence electrons. The number of methoxy groups -OCH3 is 1. The van der Waals surface area contributed by atoms with Crippen LogP contribution in [0.15, 0.2) is 36.8 Å². The molecular formula is C22H23F4N7O. The van der Waals surface area contributed by atoms with Crippen molar-refractivity contribution in [2.75, 3.05) is 32.6 Å². The number of nitrogens with zero attached hydrogens (tertiary/aromatic N) is 6. The Morgan fingerprint density at radius 3 is 2.82 bits per heavy atom. The fraction of sp³-hybridized carbons (Fsp3) is 0.409. The summed E-state index contributed by atoms with van der Waals surface area (Å²) in [6.45, 7) is -0.271. The van der Waals surface area contributed by atoms with E-state index in [9.17, 15) is 17.6 Å². The molecule has 0 aliphatic carbocycles. The topological polar surface area (TPSA) is 72.5 Å². The Bertz CT molecular complexity index is 1340. The molecule has 1 fully saturated rings. The van der Waals surface area contributed by atoms with Crippen molar-refractivity contribution in [2.45, 2.75) is 31.4 Å². The van der Waals surface area contributed by atoms with E-state index >= 15 is 0 Å². The van der Waals surface area contributed by atoms with Gasteiger partial charge in [0.1, 0.15) is 5.52 Å². The van der Waals surface area contributed by atoms with Crippen LogP contribution >= 0.6 is 0 Å². The van der Waals surface area contributed by atoms with Crippen molar-refractivity contribution in [1.29, 1.82) is 0 Å². The van der Waals surface area contributed by atoms with Crippen LogP contribution in [0.2, 0.25) is 0 Å². The molecule has 1 aliphatic rings. The van der Waals surface area contributed by atoms with Gasteiger partial charge in [-0.1, -0.05) is 6.07 Å². The molecule has 0 spiro atoms. The normalized spacial score (nSPS) is 18.7. The third-order valence-electron chi connectivity index (χ3n) is 6.03. The Morgan fingerprint density at radius 2 is 2.09 bits per heavy atom. The zero-order valence-corrected chi connectivity index (χ0v) is 18.6. The van der Waals surface area contributed by atoms with E-state index in [1.807, 2.05) is 6.07 Å². The largest absolute Gasteiger partial charge is 0.479 e. The van der Waals surface area contributed by atoms with E-state index in [4.69, 9.17) is 4.74 Å². The fourth-order valence-corrected chi connectivity index (χ4v) is 4.39. The van der Waals surface area contributed by atoms with Crippen molar-refractivity contribution >= 4 is 22.5 Å². The lowest BCUT2D eigenvalue weighted by atomic mass is 10.0. The Balaban J connectivity index is 1.52. The van der Waals surface area contributed by atoms with E-state index < -0.39 is 24.9 Å². The standard InChI is InChI=1S/C22H23F4N7O/c1-31-7-6-17(22(25,26)11-31)28-21-29-20(34-2)19-14(5-8-33(19)30-21)13-3-4-15-16(9-13)32(12-27-15)10-18(23)24/h3-5,8-9,12,17-18H,6-7,10-11H2,1-2H3,(H,28,30)/t17-/m1/s1. The number of anilines is 1. The van der Waals surface area contributed by atoms with Crippen molar-refractivity contribution < 1.29 is 22.3 Å². The van der Waals surface area contributed by atoms with Crippen LogP contribution in [0.25, 0.3) is 27.7 Å². The highest BCUT2D eigenvalue weighted by Gasteiger charge is 2.44. The first-order valence-electron chi connectivity index (χ1n) is 10.7. The number of rotatable bonds is 6. The van der Waals surface area contributed by atoms with Crippen molar-refractivity contribution in [3.05, 3.63) is 36.8 Å². The van der Waals surface area contributed by atoms with E-state index in [0.717, 1.165) is 5.56 Å². The summed E-state index contributed by atoms with van der Waals surface area (Å²) >= 11 is 0. The molecule has 5 rings (SSSR count). The first-order valence-corrected chi connectivity index (χ1v) is 10.7. The average molecular weight is 477 g/mol. The minimum atomic E-state index is -2.93. The zero-order chi connectivity index (χ0) is 24.0. The summed E-state index contributed by atoms with van der Waals surface area (Å²) in [7, 11) is 3.10. The van der Waals surface area contributed by atoms with Gasteiger partial charge in [0.2, 0.25) is 11.8 Å². The molecule has 8 nitrogen and oxygen atoms in total. The van der Waals surface area contributed by atoms with Crippen LogP contribution < -0.4 is 10.1 Å². The molecule has 1 saturated heterocycles. The summed E-state index contributed by atoms with van der Waals surface area (Å²) in [5.74, 6) is -2.70. The maximum atomic E-state index is 14.5. The van der Waals surface area contributed by atoms with Crippen LogP contribution in [-0.4, -0.2) is 74.7 Å². The predicted molar refractivity (Wildman–Crippen MR) is 119 cm³/mol. The number of halogens is 4. The molecule has 1 N–H and O–H groups in total. The smallest absolute Gasteiger partial charge is 0.280 e. The Morgan fingerprint density at radius 1 is 1.26 bits per heavy atom. The molecule has 3 aromatic heterocycles. The van der Waals surface area contributed by atoms with E-state index in [1.165, 1.54) is 22.5 Å². The number of imidazole rings is 1. The predicted octanol–water partition coefficient (Wildman–Crippen LogP) is 3.77. The number of ether oxygens (including phenoxy) is 1. The number of hydrogen-bond donors (Lipinski definition) is 1. The SMILES string of the molecule is COc1nc(N[C@@H]2CCN(C)CC2(F)F)nn2ccc(-c3ccc4ncn(CC(F)F)c4c3)c12. The van der Waals surface area contributed by atoms with E-state index in [2.05, 4.69) is 20.4 Å². The number of likely N-dealkylation sites (tertiary alicyclic amines) is 1. The summed E-state index contributed by atoms with van der Waals surface area (Å²) in [6.07, 6.45) is 0.802. The van der Waals surface area contributed by atoms with E-state index in [0.29, 0.717) is 28.7 Å². The first-order chi connectivity index (χ1) is 16.2. The molecule has 0 bridgehead atoms. The van der Waals surface area contributed by atoms with Gasteiger partial charge in [-0.05, 0) is 37.2 Å². The quantitative estimate of drug-likeness (QED) is 0.427. The summed E-state index contributed by atoms with van der Waals surface area (Å²) in [4.78, 5) is 10.1. The molecule has 1 aliphatic heterocycles. The van der Waals surface area contributed by atoms with Gasteiger partial charge in [0.15, 0.2) is 0 Å². The highest BCUT2D eigenvalue weighted by molar-refractivity contribution is 5.89. The average Bonchev–Trinajstić information content (AvgIpc) is 3.38. The summed E-state index contributed by atoms with van der Waals surface area (Å²) in [5, 5.41) is 7.14. The van der Waals surface area contributed by atoms with Gasteiger partial charge in [-0.3, -0.25) is 0 Å². The molecule has 0 saturated carbocycles. The lowest BCUT2D eigenvalue weighted by Gasteiger charge is -2.36. The van der Waals surface area contributed by atoms with Gasteiger partial charge in [0.25, 0.3) is 12.3 Å². The molecule has 1 atom stereocenters. The second-order valence-corrected chi connectivity index (χ2v) is 8.44. The van der Waals surface area contributed by atoms with Crippen molar-refractivity contribution in [3.63, 3.8) is 0 Å². The van der Waals surface area contributed by atoms with Gasteiger partial charge in [-0.2, -0.15) is 4.98 Å². The van der Waals surface area contributed by atoms with E-state index in [-0.39, 0.29) is 24.8 Å². The van der Waals surface area contributed by atoms with Crippen molar-refractivity contribution in [2.24, 2.45) is 0 Å². The van der Waals surface area contributed by atoms with Crippen LogP contribution in [0.1, 0.15) is 6.42 Å². The molecule has 4 aromatic rings. The van der Waals surface area contributed by atoms with Crippen LogP contribution in [0.3, 0.4) is 0 Å². The minimum absolute atomic E-state index is 0.0335. The molecular weight excluding hydrogens is 454 g/mol. The van der Waals surface area contributed by atoms with E-state index in [1.54, 1.807) is 36.3 Å². The third kappa shape index (κ3) is 4.02. The Labute approximate surface area is 192 Å². The lowest BCUT2D eigenvalue weighted by molar-refractivity contribution is -0.0675. The van der Waals surface area contributed by atoms with Gasteiger partial charge in [0.05, 0.1) is 43.6 Å². The van der Waals surface area contributed by atoms with Gasteiger partial charge >= 0.3 is 0 Å². The fourth-order valence-electron chi connectivity index (χ4n) is 4.39. The number of aromatic nitrogens is 5. The lowest BCUT2D eigenvalue weighted by Crippen LogP contribution is -2.53. The van der Waals surface area contributed by atoms with Crippen LogP contribution in [0.4, 0.5) is 23.5 Å². The highest BCUT2D eigenvalue weighted by atomic mass is 19.3. The number of fused-ring (bicyclic) bond motifs is 2. The van der Waals surface area contributed by atoms with Gasteiger partial charge in [-0.25, -0.2) is 27.1 Å². The summed E-state index contributed by atoms with van der Waals surface area (Å²) < 4.78 is 63.2. The molecule has 1 aromatic carbocycles. The molecule has 34 heavy (non-hydrogen) atoms. The minimum Gasteiger partial charge on any atom is -0.479 e. The highest BCUT2D eigenvalue weighted by Crippen LogP contribution is 2.34. The maximum absolute atomic E-state index is 14.5. The third-order valence-corrected chi connectivity index (χ3v) is 6.03. The van der Waals surface area contributed by atoms with Crippen LogP contribution in [0.5, 0.6) is 5.88 Å². The number of benzene rings is 1. The molecule has 4 heterocycles. The Hall–Kier alpha value is -3.41.